The van der Waals surface area contributed by atoms with Crippen LogP contribution in [-0.4, -0.2) is 0 Å². The molecule has 2 rings (SSSR count). The molecule has 0 unspecified atom stereocenters. The largest absolute Gasteiger partial charge is 0.618 e. The zero-order chi connectivity index (χ0) is 10.8. The molecule has 1 aromatic heterocycles. The molecule has 3 heteroatoms. The standard InChI is InChI=1S/C12H10FNO/c1-9-3-2-4-12(14(9)15)10-5-7-11(13)8-6-10/h2-8H,1H3. The van der Waals surface area contributed by atoms with Crippen LogP contribution in [0.25, 0.3) is 11.3 Å². The first kappa shape index (κ1) is 9.65. The molecule has 15 heavy (non-hydrogen) atoms. The lowest BCUT2D eigenvalue weighted by Gasteiger charge is -2.06. The van der Waals surface area contributed by atoms with E-state index in [-0.39, 0.29) is 5.82 Å². The van der Waals surface area contributed by atoms with E-state index in [2.05, 4.69) is 0 Å². The molecule has 0 aliphatic heterocycles. The van der Waals surface area contributed by atoms with Crippen LogP contribution in [0.15, 0.2) is 42.5 Å². The summed E-state index contributed by atoms with van der Waals surface area (Å²) in [5.41, 5.74) is 1.88. The van der Waals surface area contributed by atoms with Crippen LogP contribution >= 0.6 is 0 Å². The van der Waals surface area contributed by atoms with Gasteiger partial charge in [-0.25, -0.2) is 4.39 Å². The van der Waals surface area contributed by atoms with Crippen molar-refractivity contribution in [1.82, 2.24) is 0 Å². The summed E-state index contributed by atoms with van der Waals surface area (Å²) in [6.07, 6.45) is 0. The molecule has 0 bridgehead atoms. The first-order valence-electron chi connectivity index (χ1n) is 4.63. The molecule has 0 N–H and O–H groups in total. The first-order chi connectivity index (χ1) is 7.18. The highest BCUT2D eigenvalue weighted by atomic mass is 19.1. The smallest absolute Gasteiger partial charge is 0.223 e. The van der Waals surface area contributed by atoms with E-state index in [1.807, 2.05) is 6.07 Å². The third-order valence-corrected chi connectivity index (χ3v) is 2.27. The van der Waals surface area contributed by atoms with Crippen molar-refractivity contribution in [2.45, 2.75) is 6.92 Å². The number of aryl methyl sites for hydroxylation is 1. The summed E-state index contributed by atoms with van der Waals surface area (Å²) < 4.78 is 13.5. The van der Waals surface area contributed by atoms with E-state index in [4.69, 9.17) is 0 Å². The van der Waals surface area contributed by atoms with Crippen molar-refractivity contribution in [2.24, 2.45) is 0 Å². The Morgan fingerprint density at radius 2 is 1.73 bits per heavy atom. The van der Waals surface area contributed by atoms with Gasteiger partial charge in [0.1, 0.15) is 5.82 Å². The number of halogens is 1. The van der Waals surface area contributed by atoms with Gasteiger partial charge in [0.2, 0.25) is 5.69 Å². The minimum absolute atomic E-state index is 0.302. The molecular weight excluding hydrogens is 193 g/mol. The zero-order valence-corrected chi connectivity index (χ0v) is 8.27. The Bertz CT molecular complexity index is 479. The van der Waals surface area contributed by atoms with Crippen LogP contribution in [0.4, 0.5) is 4.39 Å². The molecule has 0 atom stereocenters. The fourth-order valence-corrected chi connectivity index (χ4v) is 1.44. The normalized spacial score (nSPS) is 10.3. The molecule has 0 amide bonds. The van der Waals surface area contributed by atoms with Gasteiger partial charge in [0.25, 0.3) is 0 Å². The summed E-state index contributed by atoms with van der Waals surface area (Å²) in [6.45, 7) is 1.74. The lowest BCUT2D eigenvalue weighted by molar-refractivity contribution is -0.600. The van der Waals surface area contributed by atoms with Crippen molar-refractivity contribution in [3.8, 4) is 11.3 Å². The SMILES string of the molecule is Cc1cccc(-c2ccc(F)cc2)[n+]1[O-]. The van der Waals surface area contributed by atoms with Gasteiger partial charge in [0, 0.05) is 24.6 Å². The Hall–Kier alpha value is -1.90. The number of nitrogens with zero attached hydrogens (tertiary/aromatic N) is 1. The molecule has 0 radical (unpaired) electrons. The first-order valence-corrected chi connectivity index (χ1v) is 4.63. The van der Waals surface area contributed by atoms with Gasteiger partial charge in [-0.15, -0.1) is 0 Å². The van der Waals surface area contributed by atoms with Crippen molar-refractivity contribution < 1.29 is 9.12 Å². The van der Waals surface area contributed by atoms with Gasteiger partial charge in [-0.2, -0.15) is 4.73 Å². The van der Waals surface area contributed by atoms with Crippen molar-refractivity contribution in [3.05, 3.63) is 59.2 Å². The Balaban J connectivity index is 2.54. The average Bonchev–Trinajstić information content (AvgIpc) is 2.24. The van der Waals surface area contributed by atoms with E-state index in [9.17, 15) is 9.60 Å². The van der Waals surface area contributed by atoms with Crippen LogP contribution in [0.5, 0.6) is 0 Å². The molecule has 0 saturated carbocycles. The summed E-state index contributed by atoms with van der Waals surface area (Å²) in [6, 6.07) is 11.1. The molecule has 0 fully saturated rings. The summed E-state index contributed by atoms with van der Waals surface area (Å²) in [7, 11) is 0. The highest BCUT2D eigenvalue weighted by Gasteiger charge is 2.09. The van der Waals surface area contributed by atoms with E-state index < -0.39 is 0 Å². The van der Waals surface area contributed by atoms with Gasteiger partial charge >= 0.3 is 0 Å². The van der Waals surface area contributed by atoms with Crippen molar-refractivity contribution in [2.75, 3.05) is 0 Å². The lowest BCUT2D eigenvalue weighted by Crippen LogP contribution is -2.32. The molecule has 2 aromatic rings. The quantitative estimate of drug-likeness (QED) is 0.516. The number of hydrogen-bond donors (Lipinski definition) is 0. The fourth-order valence-electron chi connectivity index (χ4n) is 1.44. The predicted molar refractivity (Wildman–Crippen MR) is 55.5 cm³/mol. The lowest BCUT2D eigenvalue weighted by atomic mass is 10.1. The number of benzene rings is 1. The van der Waals surface area contributed by atoms with Gasteiger partial charge in [-0.3, -0.25) is 0 Å². The monoisotopic (exact) mass is 203 g/mol. The maximum Gasteiger partial charge on any atom is 0.223 e. The second-order valence-corrected chi connectivity index (χ2v) is 3.35. The third-order valence-electron chi connectivity index (χ3n) is 2.27. The maximum atomic E-state index is 12.7. The molecular formula is C12H10FNO. The van der Waals surface area contributed by atoms with Crippen LogP contribution in [0.3, 0.4) is 0 Å². The molecule has 0 saturated heterocycles. The second kappa shape index (κ2) is 3.69. The number of pyridine rings is 1. The molecule has 76 valence electrons. The summed E-state index contributed by atoms with van der Waals surface area (Å²) in [5.74, 6) is -0.302. The van der Waals surface area contributed by atoms with Crippen molar-refractivity contribution in [1.29, 1.82) is 0 Å². The summed E-state index contributed by atoms with van der Waals surface area (Å²) >= 11 is 0. The Morgan fingerprint density at radius 3 is 2.40 bits per heavy atom. The Labute approximate surface area is 87.2 Å². The number of aromatic nitrogens is 1. The van der Waals surface area contributed by atoms with Crippen molar-refractivity contribution in [3.63, 3.8) is 0 Å². The van der Waals surface area contributed by atoms with Gasteiger partial charge in [-0.1, -0.05) is 0 Å². The predicted octanol–water partition coefficient (Wildman–Crippen LogP) is 2.43. The van der Waals surface area contributed by atoms with Crippen molar-refractivity contribution >= 4 is 0 Å². The minimum atomic E-state index is -0.302. The van der Waals surface area contributed by atoms with E-state index in [1.54, 1.807) is 31.2 Å². The topological polar surface area (TPSA) is 26.9 Å². The number of hydrogen-bond acceptors (Lipinski definition) is 1. The van der Waals surface area contributed by atoms with Gasteiger partial charge in [-0.05, 0) is 30.3 Å². The zero-order valence-electron chi connectivity index (χ0n) is 8.27. The van der Waals surface area contributed by atoms with E-state index in [0.29, 0.717) is 11.4 Å². The number of rotatable bonds is 1. The van der Waals surface area contributed by atoms with Crippen LogP contribution in [0.1, 0.15) is 5.69 Å². The third kappa shape index (κ3) is 1.81. The van der Waals surface area contributed by atoms with Gasteiger partial charge in [0.05, 0.1) is 0 Å². The van der Waals surface area contributed by atoms with Crippen LogP contribution in [-0.2, 0) is 0 Å². The Kier molecular flexibility index (Phi) is 2.37. The molecule has 1 aromatic carbocycles. The summed E-state index contributed by atoms with van der Waals surface area (Å²) in [5, 5.41) is 11.7. The highest BCUT2D eigenvalue weighted by Crippen LogP contribution is 2.15. The molecule has 0 aliphatic rings. The Morgan fingerprint density at radius 1 is 1.07 bits per heavy atom. The fraction of sp³-hybridized carbons (Fsp3) is 0.0833. The van der Waals surface area contributed by atoms with Gasteiger partial charge in [0.15, 0.2) is 5.69 Å². The highest BCUT2D eigenvalue weighted by molar-refractivity contribution is 5.55. The van der Waals surface area contributed by atoms with Crippen LogP contribution < -0.4 is 4.73 Å². The van der Waals surface area contributed by atoms with Crippen LogP contribution in [0.2, 0.25) is 0 Å². The molecule has 1 heterocycles. The van der Waals surface area contributed by atoms with E-state index in [0.717, 1.165) is 10.3 Å². The molecule has 0 aliphatic carbocycles. The summed E-state index contributed by atoms with van der Waals surface area (Å²) in [4.78, 5) is 0. The molecule has 0 spiro atoms. The van der Waals surface area contributed by atoms with E-state index in [1.165, 1.54) is 12.1 Å². The van der Waals surface area contributed by atoms with Crippen LogP contribution in [0, 0.1) is 17.9 Å². The average molecular weight is 203 g/mol. The second-order valence-electron chi connectivity index (χ2n) is 3.35. The molecule has 2 nitrogen and oxygen atoms in total. The van der Waals surface area contributed by atoms with Gasteiger partial charge < -0.3 is 5.21 Å². The minimum Gasteiger partial charge on any atom is -0.618 e. The maximum absolute atomic E-state index is 12.7. The van der Waals surface area contributed by atoms with E-state index >= 15 is 0 Å².